The molecular formula is C12H21BLi. The molecule has 0 N–H and O–H groups in total. The van der Waals surface area contributed by atoms with Gasteiger partial charge < -0.3 is 0 Å². The van der Waals surface area contributed by atoms with Gasteiger partial charge in [0, 0.05) is 0 Å². The Hall–Kier alpha value is 0.662. The van der Waals surface area contributed by atoms with Gasteiger partial charge >= 0.3 is 18.9 Å². The summed E-state index contributed by atoms with van der Waals surface area (Å²) in [4.78, 5) is 0. The molecule has 0 aromatic heterocycles. The van der Waals surface area contributed by atoms with Gasteiger partial charge in [0.15, 0.2) is 0 Å². The van der Waals surface area contributed by atoms with Gasteiger partial charge in [0.05, 0.1) is 0 Å². The molecule has 1 radical (unpaired) electrons. The Morgan fingerprint density at radius 1 is 0.571 bits per heavy atom. The first-order valence-electron chi connectivity index (χ1n) is 6.45. The van der Waals surface area contributed by atoms with Crippen molar-refractivity contribution in [3.63, 3.8) is 0 Å². The van der Waals surface area contributed by atoms with Crippen LogP contribution in [0.25, 0.3) is 0 Å². The molecule has 3 rings (SSSR count). The minimum Gasteiger partial charge on any atom is -0.196 e. The summed E-state index contributed by atoms with van der Waals surface area (Å²) in [6, 6.07) is 0. The largest absolute Gasteiger partial charge is 1.00 e. The number of rotatable bonds is 0. The molecule has 0 aliphatic carbocycles. The second-order valence-corrected chi connectivity index (χ2v) is 5.65. The van der Waals surface area contributed by atoms with Crippen molar-refractivity contribution in [1.29, 1.82) is 0 Å². The second-order valence-electron chi connectivity index (χ2n) is 5.65. The summed E-state index contributed by atoms with van der Waals surface area (Å²) in [7, 11) is 0. The maximum atomic E-state index is 1.58. The zero-order valence-corrected chi connectivity index (χ0v) is 9.67. The maximum Gasteiger partial charge on any atom is 1.00 e. The van der Waals surface area contributed by atoms with Crippen LogP contribution in [0.3, 0.4) is 0 Å². The molecule has 0 unspecified atom stereocenters. The molecule has 0 spiro atoms. The molecular weight excluding hydrogens is 162 g/mol. The van der Waals surface area contributed by atoms with Crippen LogP contribution in [0.1, 0.15) is 57.8 Å². The summed E-state index contributed by atoms with van der Waals surface area (Å²) >= 11 is 0. The summed E-state index contributed by atoms with van der Waals surface area (Å²) < 4.78 is 0. The van der Waals surface area contributed by atoms with Crippen molar-refractivity contribution >= 4 is 6.71 Å². The first-order chi connectivity index (χ1) is 6.45. The van der Waals surface area contributed by atoms with Crippen LogP contribution in [-0.2, 0) is 0 Å². The molecule has 3 fully saturated rings. The minimum absolute atomic E-state index is 0. The van der Waals surface area contributed by atoms with Crippen LogP contribution in [0.5, 0.6) is 0 Å². The normalized spacial score (nSPS) is 42.4. The van der Waals surface area contributed by atoms with Gasteiger partial charge in [-0.1, -0.05) is 57.8 Å². The van der Waals surface area contributed by atoms with Crippen LogP contribution in [0.15, 0.2) is 0 Å². The van der Waals surface area contributed by atoms with Crippen molar-refractivity contribution in [2.75, 3.05) is 0 Å². The molecule has 2 heteroatoms. The summed E-state index contributed by atoms with van der Waals surface area (Å²) in [5.74, 6) is 3.49. The molecule has 0 bridgehead atoms. The Morgan fingerprint density at radius 3 is 1.14 bits per heavy atom. The van der Waals surface area contributed by atoms with Crippen molar-refractivity contribution < 1.29 is 18.9 Å². The van der Waals surface area contributed by atoms with E-state index >= 15 is 0 Å². The van der Waals surface area contributed by atoms with E-state index in [1.165, 1.54) is 6.71 Å². The standard InChI is InChI=1S/C12H21B.Li/c1-4-10-6-2-8-12-9-3-7-11(5-1)13(10)12;/h10-12H,1-9H2;/q-1;+1. The van der Waals surface area contributed by atoms with E-state index in [0.717, 1.165) is 17.5 Å². The molecule has 14 heavy (non-hydrogen) atoms. The summed E-state index contributed by atoms with van der Waals surface area (Å²) in [6.45, 7) is 1.19. The van der Waals surface area contributed by atoms with Crippen molar-refractivity contribution in [2.45, 2.75) is 75.2 Å². The first-order valence-corrected chi connectivity index (χ1v) is 6.45. The van der Waals surface area contributed by atoms with Gasteiger partial charge in [0.1, 0.15) is 0 Å². The van der Waals surface area contributed by atoms with Crippen LogP contribution >= 0.6 is 0 Å². The topological polar surface area (TPSA) is 0 Å². The molecule has 73 valence electrons. The third-order valence-corrected chi connectivity index (χ3v) is 5.08. The predicted molar refractivity (Wildman–Crippen MR) is 58.6 cm³/mol. The summed E-state index contributed by atoms with van der Waals surface area (Å²) in [5.41, 5.74) is 0. The van der Waals surface area contributed by atoms with E-state index in [1.807, 2.05) is 0 Å². The first kappa shape index (κ1) is 11.2. The van der Waals surface area contributed by atoms with Gasteiger partial charge in [0.25, 0.3) is 0 Å². The Labute approximate surface area is 101 Å². The molecule has 0 atom stereocenters. The molecule has 0 amide bonds. The summed E-state index contributed by atoms with van der Waals surface area (Å²) in [5, 5.41) is 0. The Kier molecular flexibility index (Phi) is 3.72. The fourth-order valence-corrected chi connectivity index (χ4v) is 4.67. The van der Waals surface area contributed by atoms with Gasteiger partial charge in [-0.2, -0.15) is 17.5 Å². The van der Waals surface area contributed by atoms with E-state index in [4.69, 9.17) is 0 Å². The summed E-state index contributed by atoms with van der Waals surface area (Å²) in [6.07, 6.45) is 14.1. The average Bonchev–Trinajstić information content (AvgIpc) is 2.19. The zero-order chi connectivity index (χ0) is 8.67. The minimum atomic E-state index is 0. The van der Waals surface area contributed by atoms with E-state index in [0.29, 0.717) is 0 Å². The van der Waals surface area contributed by atoms with E-state index in [-0.39, 0.29) is 18.9 Å². The van der Waals surface area contributed by atoms with Crippen molar-refractivity contribution in [1.82, 2.24) is 0 Å². The van der Waals surface area contributed by atoms with Gasteiger partial charge in [-0.3, -0.25) is 0 Å². The Bertz CT molecular complexity index is 149. The molecule has 3 aliphatic rings. The molecule has 0 aromatic carbocycles. The smallest absolute Gasteiger partial charge is 0.196 e. The molecule has 3 aliphatic heterocycles. The van der Waals surface area contributed by atoms with Gasteiger partial charge in [-0.05, 0) is 0 Å². The van der Waals surface area contributed by atoms with Crippen LogP contribution in [0, 0.1) is 0 Å². The maximum absolute atomic E-state index is 1.58. The van der Waals surface area contributed by atoms with Crippen LogP contribution in [-0.4, -0.2) is 6.71 Å². The van der Waals surface area contributed by atoms with Gasteiger partial charge in [-0.25, -0.2) is 0 Å². The Balaban J connectivity index is 0.000000750. The van der Waals surface area contributed by atoms with Crippen molar-refractivity contribution in [2.24, 2.45) is 0 Å². The van der Waals surface area contributed by atoms with Crippen LogP contribution < -0.4 is 18.9 Å². The van der Waals surface area contributed by atoms with E-state index in [1.54, 1.807) is 57.8 Å². The SMILES string of the molecule is C1CC2CCCC3CCCC(C1)[B-]23.[Li+]. The van der Waals surface area contributed by atoms with Crippen molar-refractivity contribution in [3.05, 3.63) is 0 Å². The second kappa shape index (κ2) is 4.67. The van der Waals surface area contributed by atoms with E-state index < -0.39 is 0 Å². The quantitative estimate of drug-likeness (QED) is 0.494. The third kappa shape index (κ3) is 1.83. The Morgan fingerprint density at radius 2 is 0.857 bits per heavy atom. The fraction of sp³-hybridized carbons (Fsp3) is 1.00. The van der Waals surface area contributed by atoms with Gasteiger partial charge in [-0.15, -0.1) is 6.71 Å². The van der Waals surface area contributed by atoms with Crippen molar-refractivity contribution in [3.8, 4) is 0 Å². The molecule has 0 nitrogen and oxygen atoms in total. The van der Waals surface area contributed by atoms with Crippen LogP contribution in [0.4, 0.5) is 0 Å². The van der Waals surface area contributed by atoms with E-state index in [2.05, 4.69) is 0 Å². The fourth-order valence-electron chi connectivity index (χ4n) is 4.67. The zero-order valence-electron chi connectivity index (χ0n) is 9.67. The molecule has 3 saturated heterocycles. The monoisotopic (exact) mass is 183 g/mol. The van der Waals surface area contributed by atoms with Gasteiger partial charge in [0.2, 0.25) is 0 Å². The number of hydrogen-bond acceptors (Lipinski definition) is 0. The average molecular weight is 183 g/mol. The molecule has 0 saturated carbocycles. The number of hydrogen-bond donors (Lipinski definition) is 0. The van der Waals surface area contributed by atoms with Crippen LogP contribution in [0.2, 0.25) is 17.5 Å². The third-order valence-electron chi connectivity index (χ3n) is 5.08. The predicted octanol–water partition coefficient (Wildman–Crippen LogP) is 1.15. The van der Waals surface area contributed by atoms with E-state index in [9.17, 15) is 0 Å². The molecule has 0 aromatic rings. The molecule has 3 heterocycles.